The second-order valence-electron chi connectivity index (χ2n) is 6.90. The SMILES string of the molecule is CN(C)CC1CCCN1c1ccc(C(=O)c2nccn2C)cc1[N+](=O)[O-]. The lowest BCUT2D eigenvalue weighted by Crippen LogP contribution is -2.37. The third-order valence-corrected chi connectivity index (χ3v) is 4.72. The molecule has 1 saturated heterocycles. The number of likely N-dealkylation sites (N-methyl/N-ethyl adjacent to an activating group) is 1. The van der Waals surface area contributed by atoms with Crippen LogP contribution in [-0.4, -0.2) is 58.4 Å². The van der Waals surface area contributed by atoms with Crippen LogP contribution < -0.4 is 4.90 Å². The Balaban J connectivity index is 1.96. The Bertz CT molecular complexity index is 830. The Morgan fingerprint density at radius 2 is 2.19 bits per heavy atom. The normalized spacial score (nSPS) is 17.1. The number of anilines is 1. The lowest BCUT2D eigenvalue weighted by Gasteiger charge is -2.28. The van der Waals surface area contributed by atoms with Crippen LogP contribution in [0, 0.1) is 10.1 Å². The zero-order valence-corrected chi connectivity index (χ0v) is 15.3. The Morgan fingerprint density at radius 1 is 1.42 bits per heavy atom. The van der Waals surface area contributed by atoms with Gasteiger partial charge in [0.15, 0.2) is 5.82 Å². The number of ketones is 1. The molecule has 1 aromatic heterocycles. The van der Waals surface area contributed by atoms with Gasteiger partial charge >= 0.3 is 0 Å². The van der Waals surface area contributed by atoms with Crippen LogP contribution >= 0.6 is 0 Å². The van der Waals surface area contributed by atoms with Gasteiger partial charge in [-0.05, 0) is 39.1 Å². The summed E-state index contributed by atoms with van der Waals surface area (Å²) in [4.78, 5) is 32.1. The maximum absolute atomic E-state index is 12.6. The molecule has 1 unspecified atom stereocenters. The van der Waals surface area contributed by atoms with E-state index < -0.39 is 4.92 Å². The van der Waals surface area contributed by atoms with Gasteiger partial charge in [-0.2, -0.15) is 0 Å². The summed E-state index contributed by atoms with van der Waals surface area (Å²) in [7, 11) is 5.72. The third kappa shape index (κ3) is 3.45. The second kappa shape index (κ2) is 7.25. The van der Waals surface area contributed by atoms with E-state index >= 15 is 0 Å². The summed E-state index contributed by atoms with van der Waals surface area (Å²) in [5.41, 5.74) is 0.824. The van der Waals surface area contributed by atoms with Crippen molar-refractivity contribution in [1.29, 1.82) is 0 Å². The van der Waals surface area contributed by atoms with Crippen molar-refractivity contribution in [1.82, 2.24) is 14.5 Å². The highest BCUT2D eigenvalue weighted by atomic mass is 16.6. The third-order valence-electron chi connectivity index (χ3n) is 4.72. The fraction of sp³-hybridized carbons (Fsp3) is 0.444. The maximum Gasteiger partial charge on any atom is 0.293 e. The molecule has 8 heteroatoms. The summed E-state index contributed by atoms with van der Waals surface area (Å²) in [5.74, 6) is -0.0582. The minimum atomic E-state index is -0.407. The number of nitro groups is 1. The number of carbonyl (C=O) groups excluding carboxylic acids is 1. The van der Waals surface area contributed by atoms with Gasteiger partial charge < -0.3 is 14.4 Å². The van der Waals surface area contributed by atoms with Gasteiger partial charge in [-0.3, -0.25) is 14.9 Å². The molecule has 0 spiro atoms. The lowest BCUT2D eigenvalue weighted by molar-refractivity contribution is -0.384. The van der Waals surface area contributed by atoms with E-state index in [0.717, 1.165) is 25.9 Å². The number of aromatic nitrogens is 2. The fourth-order valence-corrected chi connectivity index (χ4v) is 3.53. The van der Waals surface area contributed by atoms with Crippen LogP contribution in [0.1, 0.15) is 29.0 Å². The van der Waals surface area contributed by atoms with Crippen molar-refractivity contribution >= 4 is 17.2 Å². The van der Waals surface area contributed by atoms with Crippen molar-refractivity contribution in [3.05, 3.63) is 52.1 Å². The molecule has 138 valence electrons. The van der Waals surface area contributed by atoms with E-state index in [1.54, 1.807) is 29.9 Å². The molecule has 3 rings (SSSR count). The number of hydrogen-bond acceptors (Lipinski definition) is 6. The van der Waals surface area contributed by atoms with Crippen LogP contribution in [0.15, 0.2) is 30.6 Å². The molecule has 0 saturated carbocycles. The number of aryl methyl sites for hydroxylation is 1. The lowest BCUT2D eigenvalue weighted by atomic mass is 10.1. The molecule has 1 fully saturated rings. The van der Waals surface area contributed by atoms with Crippen molar-refractivity contribution in [2.45, 2.75) is 18.9 Å². The van der Waals surface area contributed by atoms with Gasteiger partial charge in [0.25, 0.3) is 5.69 Å². The molecular formula is C18H23N5O3. The molecule has 2 heterocycles. The highest BCUT2D eigenvalue weighted by Crippen LogP contribution is 2.34. The first-order valence-electron chi connectivity index (χ1n) is 8.60. The summed E-state index contributed by atoms with van der Waals surface area (Å²) >= 11 is 0. The molecule has 26 heavy (non-hydrogen) atoms. The van der Waals surface area contributed by atoms with Crippen LogP contribution in [0.25, 0.3) is 0 Å². The Morgan fingerprint density at radius 3 is 2.81 bits per heavy atom. The summed E-state index contributed by atoms with van der Waals surface area (Å²) in [6.45, 7) is 1.62. The van der Waals surface area contributed by atoms with Crippen molar-refractivity contribution in [2.75, 3.05) is 32.1 Å². The van der Waals surface area contributed by atoms with Gasteiger partial charge in [0, 0.05) is 50.2 Å². The van der Waals surface area contributed by atoms with Crippen LogP contribution in [-0.2, 0) is 7.05 Å². The Labute approximate surface area is 152 Å². The largest absolute Gasteiger partial charge is 0.362 e. The predicted molar refractivity (Wildman–Crippen MR) is 98.7 cm³/mol. The first-order valence-corrected chi connectivity index (χ1v) is 8.60. The molecule has 0 radical (unpaired) electrons. The summed E-state index contributed by atoms with van der Waals surface area (Å²) in [6, 6.07) is 4.96. The molecule has 2 aromatic rings. The molecule has 1 aliphatic heterocycles. The number of nitrogens with zero attached hydrogens (tertiary/aromatic N) is 5. The number of rotatable bonds is 6. The first-order chi connectivity index (χ1) is 12.4. The van der Waals surface area contributed by atoms with E-state index in [0.29, 0.717) is 5.69 Å². The van der Waals surface area contributed by atoms with E-state index in [2.05, 4.69) is 14.8 Å². The van der Waals surface area contributed by atoms with Gasteiger partial charge in [-0.25, -0.2) is 4.98 Å². The van der Waals surface area contributed by atoms with Gasteiger partial charge in [-0.15, -0.1) is 0 Å². The number of imidazole rings is 1. The minimum Gasteiger partial charge on any atom is -0.362 e. The summed E-state index contributed by atoms with van der Waals surface area (Å²) in [5, 5.41) is 11.7. The average molecular weight is 357 g/mol. The standard InChI is InChI=1S/C18H23N5O3/c1-20(2)12-14-5-4-9-22(14)15-7-6-13(11-16(15)23(25)26)17(24)18-19-8-10-21(18)3/h6-8,10-11,14H,4-5,9,12H2,1-3H3. The van der Waals surface area contributed by atoms with Gasteiger partial charge in [0.2, 0.25) is 5.78 Å². The smallest absolute Gasteiger partial charge is 0.293 e. The van der Waals surface area contributed by atoms with Crippen molar-refractivity contribution in [2.24, 2.45) is 7.05 Å². The number of benzene rings is 1. The molecule has 1 aromatic carbocycles. The number of hydrogen-bond donors (Lipinski definition) is 0. The van der Waals surface area contributed by atoms with Crippen molar-refractivity contribution in [3.8, 4) is 0 Å². The topological polar surface area (TPSA) is 84.5 Å². The predicted octanol–water partition coefficient (Wildman–Crippen LogP) is 2.09. The van der Waals surface area contributed by atoms with Crippen LogP contribution in [0.5, 0.6) is 0 Å². The summed E-state index contributed by atoms with van der Waals surface area (Å²) < 4.78 is 1.61. The molecule has 0 aliphatic carbocycles. The number of carbonyl (C=O) groups is 1. The van der Waals surface area contributed by atoms with E-state index in [-0.39, 0.29) is 28.9 Å². The highest BCUT2D eigenvalue weighted by Gasteiger charge is 2.31. The molecule has 0 amide bonds. The first kappa shape index (κ1) is 18.1. The molecule has 1 atom stereocenters. The Hall–Kier alpha value is -2.74. The van der Waals surface area contributed by atoms with Crippen LogP contribution in [0.3, 0.4) is 0 Å². The van der Waals surface area contributed by atoms with Crippen LogP contribution in [0.2, 0.25) is 0 Å². The molecular weight excluding hydrogens is 334 g/mol. The monoisotopic (exact) mass is 357 g/mol. The van der Waals surface area contributed by atoms with Crippen molar-refractivity contribution < 1.29 is 9.72 Å². The van der Waals surface area contributed by atoms with E-state index in [1.807, 2.05) is 14.1 Å². The molecule has 1 aliphatic rings. The van der Waals surface area contributed by atoms with E-state index in [4.69, 9.17) is 0 Å². The molecule has 0 N–H and O–H groups in total. The zero-order valence-electron chi connectivity index (χ0n) is 15.3. The fourth-order valence-electron chi connectivity index (χ4n) is 3.53. The second-order valence-corrected chi connectivity index (χ2v) is 6.90. The van der Waals surface area contributed by atoms with Crippen molar-refractivity contribution in [3.63, 3.8) is 0 Å². The summed E-state index contributed by atoms with van der Waals surface area (Å²) in [6.07, 6.45) is 5.21. The zero-order chi connectivity index (χ0) is 18.8. The Kier molecular flexibility index (Phi) is 5.03. The quantitative estimate of drug-likeness (QED) is 0.447. The van der Waals surface area contributed by atoms with Gasteiger partial charge in [0.05, 0.1) is 4.92 Å². The number of nitro benzene ring substituents is 1. The van der Waals surface area contributed by atoms with Crippen LogP contribution in [0.4, 0.5) is 11.4 Å². The van der Waals surface area contributed by atoms with E-state index in [1.165, 1.54) is 12.3 Å². The molecule has 0 bridgehead atoms. The maximum atomic E-state index is 12.6. The van der Waals surface area contributed by atoms with Gasteiger partial charge in [-0.1, -0.05) is 0 Å². The van der Waals surface area contributed by atoms with E-state index in [9.17, 15) is 14.9 Å². The highest BCUT2D eigenvalue weighted by molar-refractivity contribution is 6.07. The molecule has 8 nitrogen and oxygen atoms in total. The van der Waals surface area contributed by atoms with Gasteiger partial charge in [0.1, 0.15) is 5.69 Å². The minimum absolute atomic E-state index is 0.0317. The average Bonchev–Trinajstić information content (AvgIpc) is 3.22.